The highest BCUT2D eigenvalue weighted by molar-refractivity contribution is 6.01. The number of carbonyl (C=O) groups is 3. The van der Waals surface area contributed by atoms with E-state index in [0.717, 1.165) is 4.90 Å². The zero-order valence-corrected chi connectivity index (χ0v) is 9.50. The van der Waals surface area contributed by atoms with Gasteiger partial charge in [-0.1, -0.05) is 20.8 Å². The minimum atomic E-state index is -0.264. The van der Waals surface area contributed by atoms with Crippen molar-refractivity contribution in [3.63, 3.8) is 0 Å². The maximum absolute atomic E-state index is 11.6. The number of likely N-dealkylation sites (tertiary alicyclic amines) is 1. The van der Waals surface area contributed by atoms with Gasteiger partial charge in [-0.2, -0.15) is 0 Å². The number of imide groups is 1. The van der Waals surface area contributed by atoms with Crippen molar-refractivity contribution < 1.29 is 14.4 Å². The van der Waals surface area contributed by atoms with Crippen molar-refractivity contribution in [1.29, 1.82) is 0 Å². The first-order chi connectivity index (χ1) is 6.85. The van der Waals surface area contributed by atoms with Gasteiger partial charge in [0.05, 0.1) is 6.54 Å². The van der Waals surface area contributed by atoms with Crippen LogP contribution in [0.5, 0.6) is 0 Å². The van der Waals surface area contributed by atoms with E-state index in [0.29, 0.717) is 19.3 Å². The molecule has 4 heteroatoms. The van der Waals surface area contributed by atoms with E-state index in [1.165, 1.54) is 0 Å². The summed E-state index contributed by atoms with van der Waals surface area (Å²) in [4.78, 5) is 35.5. The second kappa shape index (κ2) is 4.13. The highest BCUT2D eigenvalue weighted by Crippen LogP contribution is 2.31. The molecule has 4 nitrogen and oxygen atoms in total. The lowest BCUT2D eigenvalue weighted by molar-refractivity contribution is -0.154. The quantitative estimate of drug-likeness (QED) is 0.658. The molecule has 0 radical (unpaired) electrons. The molecule has 1 aliphatic rings. The van der Waals surface area contributed by atoms with E-state index in [1.54, 1.807) is 6.92 Å². The summed E-state index contributed by atoms with van der Waals surface area (Å²) in [6, 6.07) is 0. The molecule has 2 amide bonds. The minimum Gasteiger partial charge on any atom is -0.298 e. The molecule has 15 heavy (non-hydrogen) atoms. The third-order valence-corrected chi connectivity index (χ3v) is 2.59. The molecule has 0 aromatic heterocycles. The summed E-state index contributed by atoms with van der Waals surface area (Å²) in [6.45, 7) is 5.46. The van der Waals surface area contributed by atoms with E-state index in [-0.39, 0.29) is 29.6 Å². The fraction of sp³-hybridized carbons (Fsp3) is 0.727. The first kappa shape index (κ1) is 11.9. The van der Waals surface area contributed by atoms with Gasteiger partial charge < -0.3 is 0 Å². The Labute approximate surface area is 89.6 Å². The molecule has 0 N–H and O–H groups in total. The number of piperidine rings is 1. The third-order valence-electron chi connectivity index (χ3n) is 2.59. The van der Waals surface area contributed by atoms with Crippen molar-refractivity contribution >= 4 is 17.6 Å². The summed E-state index contributed by atoms with van der Waals surface area (Å²) >= 11 is 0. The number of ketones is 1. The SMILES string of the molecule is CCC(=O)CN1C(=O)CC(C)(C)CC1=O. The van der Waals surface area contributed by atoms with Crippen LogP contribution in [0.4, 0.5) is 0 Å². The average molecular weight is 211 g/mol. The second-order valence-electron chi connectivity index (χ2n) is 4.78. The Morgan fingerprint density at radius 3 is 2.13 bits per heavy atom. The standard InChI is InChI=1S/C11H17NO3/c1-4-8(13)7-12-9(14)5-11(2,3)6-10(12)15/h4-7H2,1-3H3. The lowest BCUT2D eigenvalue weighted by Gasteiger charge is -2.34. The monoisotopic (exact) mass is 211 g/mol. The summed E-state index contributed by atoms with van der Waals surface area (Å²) < 4.78 is 0. The van der Waals surface area contributed by atoms with Crippen LogP contribution in [0.1, 0.15) is 40.0 Å². The molecule has 1 saturated heterocycles. The highest BCUT2D eigenvalue weighted by atomic mass is 16.2. The Kier molecular flexibility index (Phi) is 3.27. The molecule has 1 fully saturated rings. The van der Waals surface area contributed by atoms with Crippen molar-refractivity contribution in [1.82, 2.24) is 4.90 Å². The van der Waals surface area contributed by atoms with E-state index >= 15 is 0 Å². The van der Waals surface area contributed by atoms with Crippen LogP contribution in [0.2, 0.25) is 0 Å². The van der Waals surface area contributed by atoms with Crippen LogP contribution >= 0.6 is 0 Å². The molecule has 0 bridgehead atoms. The number of hydrogen-bond donors (Lipinski definition) is 0. The topological polar surface area (TPSA) is 54.5 Å². The first-order valence-corrected chi connectivity index (χ1v) is 5.20. The molecule has 84 valence electrons. The van der Waals surface area contributed by atoms with E-state index in [2.05, 4.69) is 0 Å². The summed E-state index contributed by atoms with van der Waals surface area (Å²) in [5.41, 5.74) is -0.264. The van der Waals surface area contributed by atoms with Gasteiger partial charge in [-0.25, -0.2) is 0 Å². The second-order valence-corrected chi connectivity index (χ2v) is 4.78. The Morgan fingerprint density at radius 2 is 1.73 bits per heavy atom. The minimum absolute atomic E-state index is 0.0513. The van der Waals surface area contributed by atoms with Crippen LogP contribution in [0.3, 0.4) is 0 Å². The molecule has 0 aromatic carbocycles. The molecule has 0 aromatic rings. The molecular formula is C11H17NO3. The van der Waals surface area contributed by atoms with Gasteiger partial charge in [0.1, 0.15) is 0 Å². The zero-order chi connectivity index (χ0) is 11.6. The van der Waals surface area contributed by atoms with Crippen LogP contribution in [-0.4, -0.2) is 29.0 Å². The van der Waals surface area contributed by atoms with Crippen LogP contribution in [0, 0.1) is 5.41 Å². The molecule has 0 spiro atoms. The van der Waals surface area contributed by atoms with Gasteiger partial charge in [0.2, 0.25) is 11.8 Å². The summed E-state index contributed by atoms with van der Waals surface area (Å²) in [5.74, 6) is -0.521. The van der Waals surface area contributed by atoms with Gasteiger partial charge in [-0.05, 0) is 5.41 Å². The maximum Gasteiger partial charge on any atom is 0.230 e. The van der Waals surface area contributed by atoms with E-state index in [4.69, 9.17) is 0 Å². The normalized spacial score (nSPS) is 20.6. The van der Waals surface area contributed by atoms with Crippen molar-refractivity contribution in [2.24, 2.45) is 5.41 Å². The largest absolute Gasteiger partial charge is 0.298 e. The van der Waals surface area contributed by atoms with E-state index < -0.39 is 0 Å². The molecule has 0 saturated carbocycles. The average Bonchev–Trinajstić information content (AvgIpc) is 2.09. The Balaban J connectivity index is 2.71. The molecule has 0 aliphatic carbocycles. The van der Waals surface area contributed by atoms with Crippen LogP contribution in [-0.2, 0) is 14.4 Å². The van der Waals surface area contributed by atoms with Crippen LogP contribution in [0.15, 0.2) is 0 Å². The lowest BCUT2D eigenvalue weighted by atomic mass is 9.81. The number of amides is 2. The number of carbonyl (C=O) groups excluding carboxylic acids is 3. The zero-order valence-electron chi connectivity index (χ0n) is 9.50. The molecule has 1 rings (SSSR count). The smallest absolute Gasteiger partial charge is 0.230 e. The van der Waals surface area contributed by atoms with Gasteiger partial charge in [-0.15, -0.1) is 0 Å². The Morgan fingerprint density at radius 1 is 1.27 bits per heavy atom. The Bertz CT molecular complexity index is 287. The predicted octanol–water partition coefficient (Wildman–Crippen LogP) is 1.14. The maximum atomic E-state index is 11.6. The van der Waals surface area contributed by atoms with Crippen LogP contribution in [0.25, 0.3) is 0 Å². The van der Waals surface area contributed by atoms with Crippen molar-refractivity contribution in [2.75, 3.05) is 6.54 Å². The molecule has 0 unspecified atom stereocenters. The first-order valence-electron chi connectivity index (χ1n) is 5.20. The van der Waals surface area contributed by atoms with Crippen LogP contribution < -0.4 is 0 Å². The number of Topliss-reactive ketones (excluding diaryl/α,β-unsaturated/α-hetero) is 1. The van der Waals surface area contributed by atoms with Gasteiger partial charge in [-0.3, -0.25) is 19.3 Å². The highest BCUT2D eigenvalue weighted by Gasteiger charge is 2.37. The summed E-state index contributed by atoms with van der Waals surface area (Å²) in [6.07, 6.45) is 1.05. The molecule has 1 aliphatic heterocycles. The fourth-order valence-electron chi connectivity index (χ4n) is 1.68. The van der Waals surface area contributed by atoms with Gasteiger partial charge in [0.15, 0.2) is 5.78 Å². The van der Waals surface area contributed by atoms with Gasteiger partial charge >= 0.3 is 0 Å². The third kappa shape index (κ3) is 2.88. The molecular weight excluding hydrogens is 194 g/mol. The van der Waals surface area contributed by atoms with E-state index in [9.17, 15) is 14.4 Å². The molecule has 0 atom stereocenters. The number of nitrogens with zero attached hydrogens (tertiary/aromatic N) is 1. The predicted molar refractivity (Wildman–Crippen MR) is 55.0 cm³/mol. The van der Waals surface area contributed by atoms with E-state index in [1.807, 2.05) is 13.8 Å². The number of hydrogen-bond acceptors (Lipinski definition) is 3. The fourth-order valence-corrected chi connectivity index (χ4v) is 1.68. The molecule has 1 heterocycles. The van der Waals surface area contributed by atoms with Gasteiger partial charge in [0.25, 0.3) is 0 Å². The number of rotatable bonds is 3. The van der Waals surface area contributed by atoms with Gasteiger partial charge in [0, 0.05) is 19.3 Å². The van der Waals surface area contributed by atoms with Crippen molar-refractivity contribution in [3.8, 4) is 0 Å². The summed E-state index contributed by atoms with van der Waals surface area (Å²) in [7, 11) is 0. The van der Waals surface area contributed by atoms with Crippen molar-refractivity contribution in [2.45, 2.75) is 40.0 Å². The Hall–Kier alpha value is -1.19. The van der Waals surface area contributed by atoms with Crippen molar-refractivity contribution in [3.05, 3.63) is 0 Å². The summed E-state index contributed by atoms with van der Waals surface area (Å²) in [5, 5.41) is 0. The lowest BCUT2D eigenvalue weighted by Crippen LogP contribution is -2.48.